The van der Waals surface area contributed by atoms with Gasteiger partial charge >= 0.3 is 0 Å². The number of rotatable bonds is 6. The van der Waals surface area contributed by atoms with Crippen LogP contribution in [0.2, 0.25) is 0 Å². The quantitative estimate of drug-likeness (QED) is 0.849. The number of thiazole rings is 1. The zero-order valence-electron chi connectivity index (χ0n) is 13.5. The highest BCUT2D eigenvalue weighted by Gasteiger charge is 2.28. The van der Waals surface area contributed by atoms with Gasteiger partial charge in [0.05, 0.1) is 11.6 Å². The molecule has 2 rings (SSSR count). The summed E-state index contributed by atoms with van der Waals surface area (Å²) in [7, 11) is 0. The Morgan fingerprint density at radius 2 is 2.14 bits per heavy atom. The average molecular weight is 322 g/mol. The molecule has 0 aliphatic rings. The van der Waals surface area contributed by atoms with Crippen LogP contribution < -0.4 is 5.32 Å². The van der Waals surface area contributed by atoms with Gasteiger partial charge < -0.3 is 10.4 Å². The first kappa shape index (κ1) is 17.1. The smallest absolute Gasteiger partial charge is 0.123 e. The largest absolute Gasteiger partial charge is 0.387 e. The molecule has 2 unspecified atom stereocenters. The first-order valence-electron chi connectivity index (χ1n) is 7.47. The number of aliphatic hydroxyl groups excluding tert-OH is 1. The molecule has 0 radical (unpaired) electrons. The minimum atomic E-state index is -0.674. The second kappa shape index (κ2) is 6.86. The van der Waals surface area contributed by atoms with E-state index in [-0.39, 0.29) is 11.4 Å². The highest BCUT2D eigenvalue weighted by atomic mass is 32.1. The first-order chi connectivity index (χ1) is 10.4. The molecule has 3 nitrogen and oxygen atoms in total. The number of aromatic nitrogens is 1. The van der Waals surface area contributed by atoms with Crippen molar-refractivity contribution < 1.29 is 9.50 Å². The van der Waals surface area contributed by atoms with Crippen molar-refractivity contribution in [2.24, 2.45) is 0 Å². The summed E-state index contributed by atoms with van der Waals surface area (Å²) < 4.78 is 13.2. The van der Waals surface area contributed by atoms with Crippen LogP contribution in [0.25, 0.3) is 0 Å². The van der Waals surface area contributed by atoms with Gasteiger partial charge in [0.2, 0.25) is 0 Å². The Morgan fingerprint density at radius 3 is 2.68 bits per heavy atom. The number of nitrogens with zero attached hydrogens (tertiary/aromatic N) is 1. The summed E-state index contributed by atoms with van der Waals surface area (Å²) in [6, 6.07) is 4.48. The summed E-state index contributed by atoms with van der Waals surface area (Å²) in [5, 5.41) is 16.9. The molecular formula is C17H23FN2OS. The van der Waals surface area contributed by atoms with Crippen LogP contribution in [0.15, 0.2) is 23.6 Å². The van der Waals surface area contributed by atoms with Gasteiger partial charge in [-0.15, -0.1) is 11.3 Å². The number of hydrogen-bond acceptors (Lipinski definition) is 4. The molecule has 2 atom stereocenters. The van der Waals surface area contributed by atoms with Crippen LogP contribution in [-0.2, 0) is 5.54 Å². The summed E-state index contributed by atoms with van der Waals surface area (Å²) in [5.74, 6) is -0.280. The molecule has 22 heavy (non-hydrogen) atoms. The number of hydrogen-bond donors (Lipinski definition) is 2. The van der Waals surface area contributed by atoms with Crippen LogP contribution >= 0.6 is 11.3 Å². The Labute approximate surface area is 135 Å². The van der Waals surface area contributed by atoms with Gasteiger partial charge in [-0.1, -0.05) is 13.0 Å². The van der Waals surface area contributed by atoms with Crippen molar-refractivity contribution in [1.29, 1.82) is 0 Å². The second-order valence-electron chi connectivity index (χ2n) is 5.88. The third kappa shape index (κ3) is 3.72. The van der Waals surface area contributed by atoms with Crippen molar-refractivity contribution in [3.63, 3.8) is 0 Å². The van der Waals surface area contributed by atoms with Crippen LogP contribution in [0.1, 0.15) is 48.2 Å². The van der Waals surface area contributed by atoms with E-state index >= 15 is 0 Å². The van der Waals surface area contributed by atoms with E-state index in [0.29, 0.717) is 6.54 Å². The number of aryl methyl sites for hydroxylation is 2. The van der Waals surface area contributed by atoms with Gasteiger partial charge in [0.1, 0.15) is 10.8 Å². The summed E-state index contributed by atoms with van der Waals surface area (Å²) in [6.07, 6.45) is 0.197. The standard InChI is InChI=1S/C17H23FN2OS/c1-5-17(4,16-20-12(3)10-22-16)19-9-15(21)14-7-6-13(18)8-11(14)2/h6-8,10,15,19,21H,5,9H2,1-4H3. The number of benzene rings is 1. The van der Waals surface area contributed by atoms with Crippen molar-refractivity contribution in [2.75, 3.05) is 6.54 Å². The van der Waals surface area contributed by atoms with E-state index in [1.165, 1.54) is 12.1 Å². The predicted molar refractivity (Wildman–Crippen MR) is 88.6 cm³/mol. The van der Waals surface area contributed by atoms with Crippen molar-refractivity contribution in [1.82, 2.24) is 10.3 Å². The molecule has 0 fully saturated rings. The Kier molecular flexibility index (Phi) is 5.32. The monoisotopic (exact) mass is 322 g/mol. The first-order valence-corrected chi connectivity index (χ1v) is 8.35. The molecule has 0 bridgehead atoms. The fourth-order valence-electron chi connectivity index (χ4n) is 2.40. The maximum Gasteiger partial charge on any atom is 0.123 e. The average Bonchev–Trinajstić information content (AvgIpc) is 2.91. The van der Waals surface area contributed by atoms with Crippen LogP contribution in [0.3, 0.4) is 0 Å². The van der Waals surface area contributed by atoms with Gasteiger partial charge in [0, 0.05) is 17.6 Å². The molecule has 0 spiro atoms. The Bertz CT molecular complexity index is 643. The highest BCUT2D eigenvalue weighted by molar-refractivity contribution is 7.09. The molecule has 0 aliphatic heterocycles. The van der Waals surface area contributed by atoms with E-state index in [9.17, 15) is 9.50 Å². The Morgan fingerprint density at radius 1 is 1.41 bits per heavy atom. The zero-order chi connectivity index (χ0) is 16.3. The van der Waals surface area contributed by atoms with Gasteiger partial charge in [0.25, 0.3) is 0 Å². The van der Waals surface area contributed by atoms with Crippen LogP contribution in [0, 0.1) is 19.7 Å². The van der Waals surface area contributed by atoms with Crippen LogP contribution in [0.4, 0.5) is 4.39 Å². The van der Waals surface area contributed by atoms with E-state index in [4.69, 9.17) is 0 Å². The predicted octanol–water partition coefficient (Wildman–Crippen LogP) is 3.85. The van der Waals surface area contributed by atoms with Gasteiger partial charge in [-0.05, 0) is 50.5 Å². The van der Waals surface area contributed by atoms with Crippen molar-refractivity contribution in [3.8, 4) is 0 Å². The summed E-state index contributed by atoms with van der Waals surface area (Å²) in [6.45, 7) is 8.38. The number of halogens is 1. The third-order valence-electron chi connectivity index (χ3n) is 4.07. The molecule has 2 N–H and O–H groups in total. The maximum atomic E-state index is 13.2. The SMILES string of the molecule is CCC(C)(NCC(O)c1ccc(F)cc1C)c1nc(C)cs1. The number of nitrogens with one attached hydrogen (secondary N) is 1. The minimum absolute atomic E-state index is 0.270. The lowest BCUT2D eigenvalue weighted by atomic mass is 9.98. The minimum Gasteiger partial charge on any atom is -0.387 e. The van der Waals surface area contributed by atoms with Crippen molar-refractivity contribution in [3.05, 3.63) is 51.2 Å². The molecule has 1 heterocycles. The second-order valence-corrected chi connectivity index (χ2v) is 6.74. The maximum absolute atomic E-state index is 13.2. The lowest BCUT2D eigenvalue weighted by Gasteiger charge is -2.29. The Balaban J connectivity index is 2.09. The fourth-order valence-corrected chi connectivity index (χ4v) is 3.41. The fraction of sp³-hybridized carbons (Fsp3) is 0.471. The molecule has 2 aromatic rings. The zero-order valence-corrected chi connectivity index (χ0v) is 14.3. The molecule has 0 aliphatic carbocycles. The lowest BCUT2D eigenvalue weighted by molar-refractivity contribution is 0.156. The van der Waals surface area contributed by atoms with Gasteiger partial charge in [0.15, 0.2) is 0 Å². The molecule has 120 valence electrons. The van der Waals surface area contributed by atoms with E-state index in [1.807, 2.05) is 19.2 Å². The van der Waals surface area contributed by atoms with E-state index in [2.05, 4.69) is 24.1 Å². The van der Waals surface area contributed by atoms with E-state index in [1.54, 1.807) is 17.4 Å². The molecular weight excluding hydrogens is 299 g/mol. The lowest BCUT2D eigenvalue weighted by Crippen LogP contribution is -2.41. The van der Waals surface area contributed by atoms with Crippen LogP contribution in [-0.4, -0.2) is 16.6 Å². The normalized spacial score (nSPS) is 15.5. The number of aliphatic hydroxyl groups is 1. The van der Waals surface area contributed by atoms with Gasteiger partial charge in [-0.2, -0.15) is 0 Å². The molecule has 0 saturated carbocycles. The molecule has 1 aromatic heterocycles. The summed E-state index contributed by atoms with van der Waals surface area (Å²) >= 11 is 1.63. The van der Waals surface area contributed by atoms with Gasteiger partial charge in [-0.25, -0.2) is 9.37 Å². The third-order valence-corrected chi connectivity index (χ3v) is 5.30. The molecule has 0 saturated heterocycles. The van der Waals surface area contributed by atoms with Crippen molar-refractivity contribution >= 4 is 11.3 Å². The highest BCUT2D eigenvalue weighted by Crippen LogP contribution is 2.28. The van der Waals surface area contributed by atoms with Crippen LogP contribution in [0.5, 0.6) is 0 Å². The molecule has 5 heteroatoms. The Hall–Kier alpha value is -1.30. The summed E-state index contributed by atoms with van der Waals surface area (Å²) in [4.78, 5) is 4.56. The van der Waals surface area contributed by atoms with Crippen molar-refractivity contribution in [2.45, 2.75) is 45.8 Å². The van der Waals surface area contributed by atoms with E-state index < -0.39 is 6.10 Å². The van der Waals surface area contributed by atoms with Gasteiger partial charge in [-0.3, -0.25) is 0 Å². The summed E-state index contributed by atoms with van der Waals surface area (Å²) in [5.41, 5.74) is 2.25. The topological polar surface area (TPSA) is 45.1 Å². The molecule has 0 amide bonds. The molecule has 1 aromatic carbocycles. The van der Waals surface area contributed by atoms with E-state index in [0.717, 1.165) is 28.2 Å².